The van der Waals surface area contributed by atoms with E-state index in [4.69, 9.17) is 9.47 Å². The van der Waals surface area contributed by atoms with Crippen molar-refractivity contribution in [2.24, 2.45) is 0 Å². The van der Waals surface area contributed by atoms with Gasteiger partial charge in [-0.15, -0.1) is 11.3 Å². The maximum absolute atomic E-state index is 14.8. The summed E-state index contributed by atoms with van der Waals surface area (Å²) in [6, 6.07) is 27.2. The van der Waals surface area contributed by atoms with E-state index in [0.717, 1.165) is 24.9 Å². The minimum Gasteiger partial charge on any atom is -0.480 e. The fourth-order valence-corrected chi connectivity index (χ4v) is 8.62. The lowest BCUT2D eigenvalue weighted by Gasteiger charge is -2.28. The number of hydrogen-bond acceptors (Lipinski definition) is 12. The van der Waals surface area contributed by atoms with Crippen molar-refractivity contribution in [3.63, 3.8) is 0 Å². The molecule has 0 fully saturated rings. The smallest absolute Gasteiger partial charge is 0.326 e. The lowest BCUT2D eigenvalue weighted by atomic mass is 9.93. The highest BCUT2D eigenvalue weighted by Crippen LogP contribution is 2.18. The van der Waals surface area contributed by atoms with Gasteiger partial charge in [0, 0.05) is 50.1 Å². The highest BCUT2D eigenvalue weighted by Gasteiger charge is 2.42. The summed E-state index contributed by atoms with van der Waals surface area (Å²) in [5.74, 6) is -8.97. The quantitative estimate of drug-likeness (QED) is 0.0471. The molecule has 0 saturated carbocycles. The number of aryl methyl sites for hydroxylation is 1. The molecule has 18 nitrogen and oxygen atoms in total. The molecule has 7 N–H and O–H groups in total. The predicted molar refractivity (Wildman–Crippen MR) is 268 cm³/mol. The van der Waals surface area contributed by atoms with Gasteiger partial charge in [-0.3, -0.25) is 38.4 Å². The predicted octanol–water partition coefficient (Wildman–Crippen LogP) is 1.23. The van der Waals surface area contributed by atoms with Gasteiger partial charge in [-0.05, 0) is 58.7 Å². The number of anilines is 1. The third-order valence-corrected chi connectivity index (χ3v) is 12.5. The number of esters is 2. The second-order valence-electron chi connectivity index (χ2n) is 17.3. The van der Waals surface area contributed by atoms with Crippen molar-refractivity contribution in [2.45, 2.75) is 94.8 Å². The van der Waals surface area contributed by atoms with E-state index in [1.807, 2.05) is 50.3 Å². The van der Waals surface area contributed by atoms with Gasteiger partial charge in [-0.1, -0.05) is 109 Å². The Bertz CT molecular complexity index is 2710. The van der Waals surface area contributed by atoms with Gasteiger partial charge in [0.1, 0.15) is 38.1 Å². The average molecular weight is 999 g/mol. The van der Waals surface area contributed by atoms with Crippen LogP contribution in [0.3, 0.4) is 0 Å². The van der Waals surface area contributed by atoms with Gasteiger partial charge in [0.05, 0.1) is 0 Å². The number of benzene rings is 4. The molecule has 1 aromatic heterocycles. The molecule has 3 heterocycles. The van der Waals surface area contributed by atoms with Crippen LogP contribution in [-0.2, 0) is 84.7 Å². The number of nitrogens with one attached hydrogen (secondary N) is 6. The van der Waals surface area contributed by atoms with Crippen molar-refractivity contribution in [3.05, 3.63) is 154 Å². The van der Waals surface area contributed by atoms with Crippen LogP contribution in [0.15, 0.2) is 127 Å². The van der Waals surface area contributed by atoms with Gasteiger partial charge >= 0.3 is 17.9 Å². The Morgan fingerprint density at radius 2 is 1.19 bits per heavy atom. The number of rotatable bonds is 14. The molecule has 0 radical (unpaired) electrons. The fourth-order valence-electron chi connectivity index (χ4n) is 7.87. The Hall–Kier alpha value is -8.13. The molecule has 2 bridgehead atoms. The SMILES string of the molecule is Bc1ccc(C[C@H]2NC(=O)[C@H](Cc3cccs3)NC(=O)[C@H](OC(C)=O)[C@@H](OC(C)=O)C(=O)Nc3ccc(cc3)C[C@@H](C(=O)N[C@@H](Cc3ccccc3)C(=O)O)NC(=O)[C@H](CCc3ccccc3)NC2=O)cc1. The summed E-state index contributed by atoms with van der Waals surface area (Å²) >= 11 is 1.26. The van der Waals surface area contributed by atoms with E-state index < -0.39 is 95.8 Å². The number of amides is 6. The molecule has 0 saturated heterocycles. The van der Waals surface area contributed by atoms with Crippen LogP contribution in [0.25, 0.3) is 0 Å². The van der Waals surface area contributed by atoms with Gasteiger partial charge in [0.2, 0.25) is 35.8 Å². The number of carbonyl (C=O) groups is 9. The first kappa shape index (κ1) is 53.2. The van der Waals surface area contributed by atoms with Crippen LogP contribution >= 0.6 is 11.3 Å². The second-order valence-corrected chi connectivity index (χ2v) is 18.3. The zero-order valence-electron chi connectivity index (χ0n) is 39.8. The second kappa shape index (κ2) is 25.6. The Kier molecular flexibility index (Phi) is 19.0. The minimum absolute atomic E-state index is 0.0133. The Labute approximate surface area is 420 Å². The van der Waals surface area contributed by atoms with E-state index in [-0.39, 0.29) is 44.2 Å². The molecule has 0 spiro atoms. The van der Waals surface area contributed by atoms with Gasteiger partial charge < -0.3 is 46.5 Å². The topological polar surface area (TPSA) is 264 Å². The molecule has 7 rings (SSSR count). The maximum atomic E-state index is 14.8. The molecule has 4 aromatic carbocycles. The summed E-state index contributed by atoms with van der Waals surface area (Å²) in [5, 5.41) is 28.0. The van der Waals surface area contributed by atoms with Crippen molar-refractivity contribution >= 4 is 83.7 Å². The van der Waals surface area contributed by atoms with Crippen LogP contribution in [-0.4, -0.2) is 109 Å². The number of carboxylic acid groups (broad SMARTS) is 1. The zero-order chi connectivity index (χ0) is 51.7. The molecular weight excluding hydrogens is 943 g/mol. The molecule has 6 amide bonds. The first-order valence-corrected chi connectivity index (χ1v) is 24.0. The van der Waals surface area contributed by atoms with Crippen LogP contribution in [0.1, 0.15) is 47.4 Å². The van der Waals surface area contributed by atoms with Crippen LogP contribution in [0.4, 0.5) is 5.69 Å². The molecule has 0 aliphatic carbocycles. The normalized spacial score (nSPS) is 20.4. The van der Waals surface area contributed by atoms with E-state index in [1.54, 1.807) is 60.0 Å². The van der Waals surface area contributed by atoms with Gasteiger partial charge in [0.15, 0.2) is 0 Å². The van der Waals surface area contributed by atoms with Crippen LogP contribution in [0.2, 0.25) is 0 Å². The van der Waals surface area contributed by atoms with Crippen molar-refractivity contribution < 1.29 is 57.7 Å². The van der Waals surface area contributed by atoms with Gasteiger partial charge in [-0.25, -0.2) is 4.79 Å². The lowest BCUT2D eigenvalue weighted by Crippen LogP contribution is -2.60. The number of thiophene rings is 1. The molecule has 5 aromatic rings. The van der Waals surface area contributed by atoms with E-state index in [9.17, 15) is 48.3 Å². The number of carboxylic acids is 1. The van der Waals surface area contributed by atoms with Crippen molar-refractivity contribution in [3.8, 4) is 0 Å². The Balaban J connectivity index is 1.44. The molecule has 72 heavy (non-hydrogen) atoms. The molecule has 2 aliphatic rings. The summed E-state index contributed by atoms with van der Waals surface area (Å²) < 4.78 is 10.7. The third-order valence-electron chi connectivity index (χ3n) is 11.6. The molecular formula is C52H55BN6O12S. The third kappa shape index (κ3) is 16.0. The first-order chi connectivity index (χ1) is 34.5. The van der Waals surface area contributed by atoms with Crippen LogP contribution < -0.4 is 37.4 Å². The molecule has 0 unspecified atom stereocenters. The highest BCUT2D eigenvalue weighted by atomic mass is 32.1. The van der Waals surface area contributed by atoms with Gasteiger partial charge in [0.25, 0.3) is 11.8 Å². The maximum Gasteiger partial charge on any atom is 0.326 e. The largest absolute Gasteiger partial charge is 0.480 e. The van der Waals surface area contributed by atoms with Crippen molar-refractivity contribution in [1.82, 2.24) is 26.6 Å². The van der Waals surface area contributed by atoms with E-state index >= 15 is 0 Å². The monoisotopic (exact) mass is 998 g/mol. The summed E-state index contributed by atoms with van der Waals surface area (Å²) in [6.45, 7) is 1.96. The molecule has 374 valence electrons. The molecule has 7 atom stereocenters. The average Bonchev–Trinajstić information content (AvgIpc) is 3.87. The fraction of sp³-hybridized carbons (Fsp3) is 0.288. The molecule has 20 heteroatoms. The number of carbonyl (C=O) groups excluding carboxylic acids is 8. The van der Waals surface area contributed by atoms with Crippen LogP contribution in [0, 0.1) is 0 Å². The summed E-state index contributed by atoms with van der Waals surface area (Å²) in [6.07, 6.45) is -4.45. The van der Waals surface area contributed by atoms with E-state index in [0.29, 0.717) is 21.6 Å². The van der Waals surface area contributed by atoms with Crippen LogP contribution in [0.5, 0.6) is 0 Å². The lowest BCUT2D eigenvalue weighted by molar-refractivity contribution is -0.173. The summed E-state index contributed by atoms with van der Waals surface area (Å²) in [5.41, 5.74) is 3.52. The Morgan fingerprint density at radius 3 is 1.78 bits per heavy atom. The van der Waals surface area contributed by atoms with Gasteiger partial charge in [-0.2, -0.15) is 0 Å². The number of ether oxygens (including phenoxy) is 2. The minimum atomic E-state index is -2.12. The number of hydrogen-bond donors (Lipinski definition) is 7. The Morgan fingerprint density at radius 1 is 0.639 bits per heavy atom. The summed E-state index contributed by atoms with van der Waals surface area (Å²) in [4.78, 5) is 125. The van der Waals surface area contributed by atoms with Crippen molar-refractivity contribution in [2.75, 3.05) is 5.32 Å². The summed E-state index contributed by atoms with van der Waals surface area (Å²) in [7, 11) is 1.88. The standard InChI is InChI=1S/C52H55BN6O12S/c1-30(60)70-44-45(71-31(2)61)51(67)58-42(29-38-14-9-25-72-38)49(65)57-40(26-34-15-20-36(53)21-16-34)47(63)55-39(24-19-32-10-5-3-6-11-32)46(62)56-41(27-35-17-22-37(23-18-35)54-50(44)66)48(64)59-43(52(68)69)28-33-12-7-4-8-13-33/h3-18,20-23,25,39-45H,19,24,26-29,53H2,1-2H3,(H,54,66)(H,55,63)(H,56,62)(H,57,65)(H,58,67)(H,59,64)(H,68,69)/t39-,40+,41-,42-,43-,44+,45+/m0/s1. The first-order valence-electron chi connectivity index (χ1n) is 23.2. The number of fused-ring (bicyclic) bond motifs is 18. The molecule has 2 aliphatic heterocycles. The number of aliphatic carboxylic acids is 1. The van der Waals surface area contributed by atoms with E-state index in [2.05, 4.69) is 31.9 Å². The zero-order valence-corrected chi connectivity index (χ0v) is 40.6. The van der Waals surface area contributed by atoms with Crippen molar-refractivity contribution in [1.29, 1.82) is 0 Å². The highest BCUT2D eigenvalue weighted by molar-refractivity contribution is 7.09. The van der Waals surface area contributed by atoms with E-state index in [1.165, 1.54) is 35.6 Å².